The molecule has 2 heterocycles. The number of ether oxygens (including phenoxy) is 2. The van der Waals surface area contributed by atoms with Crippen molar-refractivity contribution in [3.05, 3.63) is 89.7 Å². The number of hydrogen-bond acceptors (Lipinski definition) is 6. The second-order valence-corrected chi connectivity index (χ2v) is 6.48. The highest BCUT2D eigenvalue weighted by molar-refractivity contribution is 5.38. The summed E-state index contributed by atoms with van der Waals surface area (Å²) in [5, 5.41) is 8.94. The minimum atomic E-state index is -0.112. The number of nitrogens with zero attached hydrogens (tertiary/aromatic N) is 2. The zero-order valence-corrected chi connectivity index (χ0v) is 15.2. The van der Waals surface area contributed by atoms with Crippen molar-refractivity contribution < 1.29 is 9.47 Å². The molecule has 0 saturated carbocycles. The summed E-state index contributed by atoms with van der Waals surface area (Å²) in [6.45, 7) is 1.13. The van der Waals surface area contributed by atoms with Crippen LogP contribution >= 0.6 is 0 Å². The fourth-order valence-electron chi connectivity index (χ4n) is 3.16. The Labute approximate surface area is 163 Å². The molecule has 0 radical (unpaired) electrons. The van der Waals surface area contributed by atoms with Gasteiger partial charge in [0, 0.05) is 24.5 Å². The molecule has 2 atom stereocenters. The van der Waals surface area contributed by atoms with Crippen LogP contribution in [0.4, 0.5) is 0 Å². The van der Waals surface area contributed by atoms with E-state index in [1.54, 1.807) is 24.5 Å². The third kappa shape index (κ3) is 4.12. The molecule has 0 amide bonds. The van der Waals surface area contributed by atoms with E-state index in [0.717, 1.165) is 22.6 Å². The Morgan fingerprint density at radius 1 is 1.04 bits per heavy atom. The molecule has 0 aliphatic carbocycles. The van der Waals surface area contributed by atoms with Gasteiger partial charge in [0.1, 0.15) is 24.2 Å². The SMILES string of the molecule is N#Cc1ccc(OC2CNNC2c2ccccc2OCc2ccncc2)cc1. The summed E-state index contributed by atoms with van der Waals surface area (Å²) in [4.78, 5) is 4.03. The fourth-order valence-corrected chi connectivity index (χ4v) is 3.16. The van der Waals surface area contributed by atoms with Crippen LogP contribution in [0.3, 0.4) is 0 Å². The number of benzene rings is 2. The van der Waals surface area contributed by atoms with E-state index in [-0.39, 0.29) is 12.1 Å². The van der Waals surface area contributed by atoms with Crippen molar-refractivity contribution in [2.75, 3.05) is 6.54 Å². The van der Waals surface area contributed by atoms with Crippen LogP contribution in [0.5, 0.6) is 11.5 Å². The lowest BCUT2D eigenvalue weighted by molar-refractivity contribution is 0.193. The molecule has 1 aliphatic heterocycles. The van der Waals surface area contributed by atoms with Gasteiger partial charge in [0.05, 0.1) is 17.7 Å². The number of nitriles is 1. The molecule has 1 aliphatic rings. The van der Waals surface area contributed by atoms with E-state index in [1.807, 2.05) is 48.5 Å². The zero-order chi connectivity index (χ0) is 19.2. The van der Waals surface area contributed by atoms with Gasteiger partial charge in [0.2, 0.25) is 0 Å². The first-order valence-corrected chi connectivity index (χ1v) is 9.09. The largest absolute Gasteiger partial charge is 0.489 e. The highest BCUT2D eigenvalue weighted by atomic mass is 16.5. The number of pyridine rings is 1. The Morgan fingerprint density at radius 3 is 2.61 bits per heavy atom. The molecule has 6 heteroatoms. The van der Waals surface area contributed by atoms with E-state index >= 15 is 0 Å². The lowest BCUT2D eigenvalue weighted by Crippen LogP contribution is -2.28. The van der Waals surface area contributed by atoms with Gasteiger partial charge in [0.25, 0.3) is 0 Å². The first-order valence-electron chi connectivity index (χ1n) is 9.09. The number of hydrazine groups is 1. The molecule has 1 saturated heterocycles. The van der Waals surface area contributed by atoms with E-state index in [2.05, 4.69) is 21.9 Å². The van der Waals surface area contributed by atoms with Gasteiger partial charge in [-0.25, -0.2) is 5.43 Å². The maximum absolute atomic E-state index is 8.94. The topological polar surface area (TPSA) is 79.2 Å². The summed E-state index contributed by atoms with van der Waals surface area (Å²) in [5.41, 5.74) is 9.16. The summed E-state index contributed by atoms with van der Waals surface area (Å²) in [7, 11) is 0. The molecule has 3 aromatic rings. The van der Waals surface area contributed by atoms with Gasteiger partial charge in [-0.05, 0) is 48.0 Å². The quantitative estimate of drug-likeness (QED) is 0.692. The first kappa shape index (κ1) is 18.0. The monoisotopic (exact) mass is 372 g/mol. The summed E-state index contributed by atoms with van der Waals surface area (Å²) in [5.74, 6) is 1.55. The lowest BCUT2D eigenvalue weighted by atomic mass is 10.0. The molecular formula is C22H20N4O2. The van der Waals surface area contributed by atoms with Crippen LogP contribution in [0.15, 0.2) is 73.1 Å². The van der Waals surface area contributed by atoms with Gasteiger partial charge in [0.15, 0.2) is 0 Å². The Kier molecular flexibility index (Phi) is 5.48. The van der Waals surface area contributed by atoms with Gasteiger partial charge in [-0.1, -0.05) is 18.2 Å². The number of para-hydroxylation sites is 1. The Morgan fingerprint density at radius 2 is 1.82 bits per heavy atom. The predicted molar refractivity (Wildman–Crippen MR) is 104 cm³/mol. The summed E-state index contributed by atoms with van der Waals surface area (Å²) >= 11 is 0. The van der Waals surface area contributed by atoms with Crippen LogP contribution in [-0.2, 0) is 6.61 Å². The van der Waals surface area contributed by atoms with Crippen LogP contribution in [0.2, 0.25) is 0 Å². The van der Waals surface area contributed by atoms with Crippen LogP contribution in [0.25, 0.3) is 0 Å². The van der Waals surface area contributed by atoms with Crippen molar-refractivity contribution in [1.82, 2.24) is 15.8 Å². The maximum atomic E-state index is 8.94. The molecule has 6 nitrogen and oxygen atoms in total. The third-order valence-electron chi connectivity index (χ3n) is 4.60. The molecule has 0 bridgehead atoms. The highest BCUT2D eigenvalue weighted by Gasteiger charge is 2.32. The first-order chi connectivity index (χ1) is 13.8. The van der Waals surface area contributed by atoms with Crippen LogP contribution < -0.4 is 20.3 Å². The standard InChI is InChI=1S/C22H20N4O2/c23-13-16-5-7-18(8-6-16)28-21-14-25-26-22(21)19-3-1-2-4-20(19)27-15-17-9-11-24-12-10-17/h1-12,21-22,25-26H,14-15H2. The predicted octanol–water partition coefficient (Wildman–Crippen LogP) is 3.13. The average molecular weight is 372 g/mol. The number of aromatic nitrogens is 1. The minimum Gasteiger partial charge on any atom is -0.489 e. The summed E-state index contributed by atoms with van der Waals surface area (Å²) < 4.78 is 12.2. The minimum absolute atomic E-state index is 0.0655. The van der Waals surface area contributed by atoms with Gasteiger partial charge in [-0.3, -0.25) is 10.4 Å². The lowest BCUT2D eigenvalue weighted by Gasteiger charge is -2.22. The zero-order valence-electron chi connectivity index (χ0n) is 15.2. The fraction of sp³-hybridized carbons (Fsp3) is 0.182. The Bertz CT molecular complexity index is 954. The highest BCUT2D eigenvalue weighted by Crippen LogP contribution is 2.31. The van der Waals surface area contributed by atoms with E-state index in [4.69, 9.17) is 14.7 Å². The molecule has 2 N–H and O–H groups in total. The molecule has 28 heavy (non-hydrogen) atoms. The maximum Gasteiger partial charge on any atom is 0.133 e. The van der Waals surface area contributed by atoms with Crippen LogP contribution in [0.1, 0.15) is 22.7 Å². The van der Waals surface area contributed by atoms with Crippen LogP contribution in [-0.4, -0.2) is 17.6 Å². The van der Waals surface area contributed by atoms with E-state index in [1.165, 1.54) is 0 Å². The molecule has 0 spiro atoms. The number of nitrogens with one attached hydrogen (secondary N) is 2. The van der Waals surface area contributed by atoms with Crippen molar-refractivity contribution >= 4 is 0 Å². The second kappa shape index (κ2) is 8.53. The van der Waals surface area contributed by atoms with E-state index < -0.39 is 0 Å². The normalized spacial score (nSPS) is 18.4. The van der Waals surface area contributed by atoms with Gasteiger partial charge in [-0.15, -0.1) is 0 Å². The number of hydrogen-bond donors (Lipinski definition) is 2. The Balaban J connectivity index is 1.50. The van der Waals surface area contributed by atoms with Crippen molar-refractivity contribution in [3.63, 3.8) is 0 Å². The second-order valence-electron chi connectivity index (χ2n) is 6.48. The van der Waals surface area contributed by atoms with Gasteiger partial charge < -0.3 is 9.47 Å². The van der Waals surface area contributed by atoms with Crippen molar-refractivity contribution in [2.45, 2.75) is 18.8 Å². The van der Waals surface area contributed by atoms with Crippen molar-refractivity contribution in [1.29, 1.82) is 5.26 Å². The number of rotatable bonds is 6. The smallest absolute Gasteiger partial charge is 0.133 e. The molecular weight excluding hydrogens is 352 g/mol. The van der Waals surface area contributed by atoms with E-state index in [0.29, 0.717) is 18.7 Å². The molecule has 1 fully saturated rings. The Hall–Kier alpha value is -3.40. The molecule has 1 aromatic heterocycles. The molecule has 2 aromatic carbocycles. The summed E-state index contributed by atoms with van der Waals surface area (Å²) in [6.07, 6.45) is 3.40. The summed E-state index contributed by atoms with van der Waals surface area (Å²) in [6, 6.07) is 21.0. The van der Waals surface area contributed by atoms with Crippen molar-refractivity contribution in [3.8, 4) is 17.6 Å². The molecule has 4 rings (SSSR count). The molecule has 140 valence electrons. The third-order valence-corrected chi connectivity index (χ3v) is 4.60. The van der Waals surface area contributed by atoms with Gasteiger partial charge >= 0.3 is 0 Å². The average Bonchev–Trinajstić information content (AvgIpc) is 3.21. The van der Waals surface area contributed by atoms with Crippen molar-refractivity contribution in [2.24, 2.45) is 0 Å². The van der Waals surface area contributed by atoms with Crippen LogP contribution in [0, 0.1) is 11.3 Å². The van der Waals surface area contributed by atoms with Gasteiger partial charge in [-0.2, -0.15) is 5.26 Å². The van der Waals surface area contributed by atoms with E-state index in [9.17, 15) is 0 Å². The molecule has 2 unspecified atom stereocenters.